The molecule has 34 heavy (non-hydrogen) atoms. The van der Waals surface area contributed by atoms with E-state index >= 15 is 0 Å². The fraction of sp³-hybridized carbons (Fsp3) is 0.391. The summed E-state index contributed by atoms with van der Waals surface area (Å²) >= 11 is 5.99. The number of carbonyl (C=O) groups excluding carboxylic acids is 1. The van der Waals surface area contributed by atoms with Crippen LogP contribution in [0.4, 0.5) is 9.18 Å². The molecule has 3 heterocycles. The van der Waals surface area contributed by atoms with Gasteiger partial charge in [0.15, 0.2) is 17.1 Å². The lowest BCUT2D eigenvalue weighted by Gasteiger charge is -2.24. The first-order valence-corrected chi connectivity index (χ1v) is 11.0. The zero-order chi connectivity index (χ0) is 24.5. The Morgan fingerprint density at radius 2 is 1.94 bits per heavy atom. The van der Waals surface area contributed by atoms with Crippen LogP contribution in [0, 0.1) is 5.82 Å². The predicted molar refractivity (Wildman–Crippen MR) is 122 cm³/mol. The van der Waals surface area contributed by atoms with Gasteiger partial charge in [0.25, 0.3) is 0 Å². The summed E-state index contributed by atoms with van der Waals surface area (Å²) in [6, 6.07) is 6.24. The van der Waals surface area contributed by atoms with Crippen LogP contribution in [-0.2, 0) is 4.74 Å². The molecule has 0 N–H and O–H groups in total. The Balaban J connectivity index is 1.52. The molecule has 9 nitrogen and oxygen atoms in total. The molecule has 1 fully saturated rings. The molecule has 1 aliphatic rings. The zero-order valence-corrected chi connectivity index (χ0v) is 19.9. The minimum absolute atomic E-state index is 0.0392. The largest absolute Gasteiger partial charge is 0.495 e. The van der Waals surface area contributed by atoms with E-state index in [2.05, 4.69) is 15.0 Å². The van der Waals surface area contributed by atoms with Crippen LogP contribution in [0.2, 0.25) is 5.02 Å². The van der Waals surface area contributed by atoms with Gasteiger partial charge in [-0.3, -0.25) is 0 Å². The SMILES string of the molecule is COc1ccc(Oc2ncnc3ccc(O[C@H]4CCN(C(=O)OC(C)(C)C)C4)nc23)c(F)c1Cl. The molecule has 0 spiro atoms. The van der Waals surface area contributed by atoms with Crippen LogP contribution in [0.1, 0.15) is 27.2 Å². The van der Waals surface area contributed by atoms with Crippen molar-refractivity contribution in [1.29, 1.82) is 0 Å². The number of aromatic nitrogens is 3. The molecule has 2 aromatic heterocycles. The summed E-state index contributed by atoms with van der Waals surface area (Å²) < 4.78 is 36.7. The Morgan fingerprint density at radius 1 is 1.18 bits per heavy atom. The van der Waals surface area contributed by atoms with Gasteiger partial charge in [-0.1, -0.05) is 11.6 Å². The second-order valence-corrected chi connectivity index (χ2v) is 9.02. The quantitative estimate of drug-likeness (QED) is 0.492. The fourth-order valence-electron chi connectivity index (χ4n) is 3.38. The van der Waals surface area contributed by atoms with Gasteiger partial charge in [0.05, 0.1) is 19.2 Å². The van der Waals surface area contributed by atoms with E-state index in [1.54, 1.807) is 17.0 Å². The van der Waals surface area contributed by atoms with Crippen molar-refractivity contribution in [3.8, 4) is 23.3 Å². The lowest BCUT2D eigenvalue weighted by Crippen LogP contribution is -2.36. The maximum Gasteiger partial charge on any atom is 0.410 e. The van der Waals surface area contributed by atoms with Crippen molar-refractivity contribution in [3.63, 3.8) is 0 Å². The predicted octanol–water partition coefficient (Wildman–Crippen LogP) is 5.01. The number of nitrogens with zero attached hydrogens (tertiary/aromatic N) is 4. The summed E-state index contributed by atoms with van der Waals surface area (Å²) in [5.41, 5.74) is 0.201. The van der Waals surface area contributed by atoms with E-state index < -0.39 is 11.4 Å². The summed E-state index contributed by atoms with van der Waals surface area (Å²) in [4.78, 5) is 26.6. The first kappa shape index (κ1) is 23.7. The highest BCUT2D eigenvalue weighted by atomic mass is 35.5. The average molecular weight is 491 g/mol. The molecule has 3 aromatic rings. The molecule has 0 radical (unpaired) electrons. The Hall–Kier alpha value is -3.40. The van der Waals surface area contributed by atoms with Gasteiger partial charge >= 0.3 is 6.09 Å². The van der Waals surface area contributed by atoms with Crippen molar-refractivity contribution < 1.29 is 28.1 Å². The van der Waals surface area contributed by atoms with Gasteiger partial charge in [-0.05, 0) is 39.0 Å². The van der Waals surface area contributed by atoms with Gasteiger partial charge in [0.1, 0.15) is 28.8 Å². The highest BCUT2D eigenvalue weighted by Gasteiger charge is 2.31. The van der Waals surface area contributed by atoms with E-state index in [1.807, 2.05) is 20.8 Å². The lowest BCUT2D eigenvalue weighted by atomic mass is 10.2. The third-order valence-corrected chi connectivity index (χ3v) is 5.30. The second kappa shape index (κ2) is 9.46. The summed E-state index contributed by atoms with van der Waals surface area (Å²) in [6.45, 7) is 6.35. The van der Waals surface area contributed by atoms with E-state index in [0.29, 0.717) is 30.9 Å². The van der Waals surface area contributed by atoms with Crippen LogP contribution >= 0.6 is 11.6 Å². The number of pyridine rings is 1. The van der Waals surface area contributed by atoms with E-state index in [4.69, 9.17) is 30.5 Å². The summed E-state index contributed by atoms with van der Waals surface area (Å²) in [6.07, 6.45) is 1.28. The number of hydrogen-bond acceptors (Lipinski definition) is 8. The standard InChI is InChI=1S/C23H24ClFN4O5/c1-23(2,3)34-22(30)29-10-9-13(11-29)32-17-8-5-14-20(28-17)21(27-12-26-14)33-16-7-6-15(31-4)18(24)19(16)25/h5-8,12-13H,9-11H2,1-4H3/t13-/m0/s1. The molecule has 11 heteroatoms. The summed E-state index contributed by atoms with van der Waals surface area (Å²) in [5.74, 6) is -0.394. The molecule has 180 valence electrons. The van der Waals surface area contributed by atoms with Gasteiger partial charge in [0, 0.05) is 19.0 Å². The van der Waals surface area contributed by atoms with Crippen molar-refractivity contribution >= 4 is 28.7 Å². The topological polar surface area (TPSA) is 95.9 Å². The number of carbonyl (C=O) groups is 1. The zero-order valence-electron chi connectivity index (χ0n) is 19.2. The van der Waals surface area contributed by atoms with Crippen LogP contribution in [0.25, 0.3) is 11.0 Å². The van der Waals surface area contributed by atoms with Crippen molar-refractivity contribution in [2.45, 2.75) is 38.9 Å². The van der Waals surface area contributed by atoms with Gasteiger partial charge in [-0.15, -0.1) is 0 Å². The second-order valence-electron chi connectivity index (χ2n) is 8.65. The summed E-state index contributed by atoms with van der Waals surface area (Å²) in [5, 5.41) is -0.203. The third-order valence-electron chi connectivity index (χ3n) is 4.94. The molecule has 0 saturated carbocycles. The first-order chi connectivity index (χ1) is 16.1. The van der Waals surface area contributed by atoms with Crippen molar-refractivity contribution in [2.24, 2.45) is 0 Å². The van der Waals surface area contributed by atoms with Crippen LogP contribution in [0.3, 0.4) is 0 Å². The van der Waals surface area contributed by atoms with Gasteiger partial charge < -0.3 is 23.8 Å². The highest BCUT2D eigenvalue weighted by molar-refractivity contribution is 6.32. The number of halogens is 2. The number of rotatable bonds is 5. The highest BCUT2D eigenvalue weighted by Crippen LogP contribution is 2.36. The van der Waals surface area contributed by atoms with E-state index in [0.717, 1.165) is 0 Å². The molecule has 1 aromatic carbocycles. The average Bonchev–Trinajstić information content (AvgIpc) is 3.25. The minimum atomic E-state index is -0.784. The molecule has 1 amide bonds. The molecule has 4 rings (SSSR count). The molecule has 0 bridgehead atoms. The van der Waals surface area contributed by atoms with E-state index in [-0.39, 0.29) is 40.1 Å². The maximum absolute atomic E-state index is 14.6. The van der Waals surface area contributed by atoms with Crippen LogP contribution in [-0.4, -0.2) is 57.8 Å². The number of ether oxygens (including phenoxy) is 4. The Kier molecular flexibility index (Phi) is 6.60. The first-order valence-electron chi connectivity index (χ1n) is 10.6. The monoisotopic (exact) mass is 490 g/mol. The molecule has 0 aliphatic carbocycles. The molecule has 1 aliphatic heterocycles. The Bertz CT molecular complexity index is 1220. The number of methoxy groups -OCH3 is 1. The molecular weight excluding hydrogens is 467 g/mol. The number of fused-ring (bicyclic) bond motifs is 1. The smallest absolute Gasteiger partial charge is 0.410 e. The maximum atomic E-state index is 14.6. The lowest BCUT2D eigenvalue weighted by molar-refractivity contribution is 0.0275. The van der Waals surface area contributed by atoms with Crippen LogP contribution in [0.5, 0.6) is 23.3 Å². The van der Waals surface area contributed by atoms with Crippen molar-refractivity contribution in [1.82, 2.24) is 19.9 Å². The van der Waals surface area contributed by atoms with Gasteiger partial charge in [0.2, 0.25) is 11.8 Å². The number of likely N-dealkylation sites (tertiary alicyclic amines) is 1. The molecular formula is C23H24ClFN4O5. The van der Waals surface area contributed by atoms with Gasteiger partial charge in [-0.2, -0.15) is 4.98 Å². The number of amides is 1. The third kappa shape index (κ3) is 5.22. The normalized spacial score (nSPS) is 15.9. The molecule has 0 unspecified atom stereocenters. The summed E-state index contributed by atoms with van der Waals surface area (Å²) in [7, 11) is 1.39. The Labute approximate surface area is 200 Å². The van der Waals surface area contributed by atoms with Crippen LogP contribution in [0.15, 0.2) is 30.6 Å². The number of hydrogen-bond donors (Lipinski definition) is 0. The van der Waals surface area contributed by atoms with Crippen molar-refractivity contribution in [3.05, 3.63) is 41.4 Å². The molecule has 1 atom stereocenters. The fourth-order valence-corrected chi connectivity index (χ4v) is 3.62. The van der Waals surface area contributed by atoms with E-state index in [1.165, 1.54) is 25.6 Å². The number of benzene rings is 1. The van der Waals surface area contributed by atoms with E-state index in [9.17, 15) is 9.18 Å². The Morgan fingerprint density at radius 3 is 2.68 bits per heavy atom. The van der Waals surface area contributed by atoms with Crippen LogP contribution < -0.4 is 14.2 Å². The molecule has 1 saturated heterocycles. The minimum Gasteiger partial charge on any atom is -0.495 e. The van der Waals surface area contributed by atoms with Crippen molar-refractivity contribution in [2.75, 3.05) is 20.2 Å². The van der Waals surface area contributed by atoms with Gasteiger partial charge in [-0.25, -0.2) is 19.2 Å².